The van der Waals surface area contributed by atoms with E-state index < -0.39 is 6.10 Å². The monoisotopic (exact) mass is 252 g/mol. The Morgan fingerprint density at radius 3 is 2.69 bits per heavy atom. The molecule has 0 aromatic heterocycles. The molecule has 2 unspecified atom stereocenters. The van der Waals surface area contributed by atoms with Crippen LogP contribution in [0.3, 0.4) is 0 Å². The summed E-state index contributed by atoms with van der Waals surface area (Å²) in [6.45, 7) is 3.30. The van der Waals surface area contributed by atoms with Gasteiger partial charge in [-0.1, -0.05) is 15.9 Å². The quantitative estimate of drug-likeness (QED) is 0.726. The highest BCUT2D eigenvalue weighted by Gasteiger charge is 2.29. The highest BCUT2D eigenvalue weighted by atomic mass is 79.9. The average Bonchev–Trinajstić information content (AvgIpc) is 2.12. The molecule has 0 saturated heterocycles. The van der Waals surface area contributed by atoms with E-state index in [1.807, 2.05) is 6.92 Å². The first kappa shape index (κ1) is 11.4. The minimum Gasteiger partial charge on any atom is -0.388 e. The van der Waals surface area contributed by atoms with E-state index in [-0.39, 0.29) is 6.10 Å². The van der Waals surface area contributed by atoms with Crippen molar-refractivity contribution in [3.8, 4) is 0 Å². The summed E-state index contributed by atoms with van der Waals surface area (Å²) >= 11 is 3.49. The van der Waals surface area contributed by atoms with Crippen LogP contribution >= 0.6 is 15.9 Å². The minimum atomic E-state index is -0.486. The number of aliphatic hydroxyl groups excluding tert-OH is 1. The molecular weight excluding hydrogens is 236 g/mol. The van der Waals surface area contributed by atoms with Crippen molar-refractivity contribution in [2.45, 2.75) is 36.8 Å². The van der Waals surface area contributed by atoms with Gasteiger partial charge in [-0.2, -0.15) is 0 Å². The highest BCUT2D eigenvalue weighted by molar-refractivity contribution is 9.09. The van der Waals surface area contributed by atoms with E-state index in [0.717, 1.165) is 6.42 Å². The second-order valence-electron chi connectivity index (χ2n) is 3.28. The summed E-state index contributed by atoms with van der Waals surface area (Å²) in [5.74, 6) is 0. The summed E-state index contributed by atoms with van der Waals surface area (Å²) in [6.07, 6.45) is 2.07. The van der Waals surface area contributed by atoms with Gasteiger partial charge < -0.3 is 14.6 Å². The standard InChI is InChI=1S/C9H17BrO3/c1-2-12-5-7(11)6-13-9-4-3-8(9)10/h7-9,11H,2-6H2,1H3/t7?,8?,9-/m0/s1. The fraction of sp³-hybridized carbons (Fsp3) is 1.00. The molecule has 1 aliphatic rings. The number of halogens is 1. The predicted octanol–water partition coefficient (Wildman–Crippen LogP) is 1.33. The van der Waals surface area contributed by atoms with Gasteiger partial charge in [0.05, 0.1) is 19.3 Å². The van der Waals surface area contributed by atoms with E-state index >= 15 is 0 Å². The van der Waals surface area contributed by atoms with Crippen LogP contribution < -0.4 is 0 Å². The third-order valence-electron chi connectivity index (χ3n) is 2.15. The molecule has 13 heavy (non-hydrogen) atoms. The molecule has 4 heteroatoms. The van der Waals surface area contributed by atoms with Crippen LogP contribution in [0.1, 0.15) is 19.8 Å². The second-order valence-corrected chi connectivity index (χ2v) is 4.45. The Balaban J connectivity index is 1.97. The molecule has 78 valence electrons. The zero-order valence-corrected chi connectivity index (χ0v) is 9.50. The van der Waals surface area contributed by atoms with Crippen LogP contribution in [0.4, 0.5) is 0 Å². The topological polar surface area (TPSA) is 38.7 Å². The Morgan fingerprint density at radius 1 is 1.46 bits per heavy atom. The highest BCUT2D eigenvalue weighted by Crippen LogP contribution is 2.29. The van der Waals surface area contributed by atoms with Crippen LogP contribution in [-0.2, 0) is 9.47 Å². The average molecular weight is 253 g/mol. The van der Waals surface area contributed by atoms with Crippen LogP contribution in [-0.4, -0.2) is 42.0 Å². The molecule has 1 aliphatic carbocycles. The van der Waals surface area contributed by atoms with Crippen LogP contribution in [0.2, 0.25) is 0 Å². The molecule has 1 N–H and O–H groups in total. The third-order valence-corrected chi connectivity index (χ3v) is 3.19. The summed E-state index contributed by atoms with van der Waals surface area (Å²) in [6, 6.07) is 0. The molecular formula is C9H17BrO3. The van der Waals surface area contributed by atoms with Crippen molar-refractivity contribution >= 4 is 15.9 Å². The number of hydrogen-bond donors (Lipinski definition) is 1. The van der Waals surface area contributed by atoms with Gasteiger partial charge in [-0.05, 0) is 19.8 Å². The molecule has 0 amide bonds. The Kier molecular flexibility index (Phi) is 5.24. The molecule has 1 saturated carbocycles. The number of ether oxygens (including phenoxy) is 2. The fourth-order valence-electron chi connectivity index (χ4n) is 1.15. The molecule has 0 bridgehead atoms. The van der Waals surface area contributed by atoms with E-state index in [1.54, 1.807) is 0 Å². The van der Waals surface area contributed by atoms with Gasteiger partial charge in [0.2, 0.25) is 0 Å². The van der Waals surface area contributed by atoms with Gasteiger partial charge in [0.15, 0.2) is 0 Å². The zero-order chi connectivity index (χ0) is 9.68. The molecule has 0 spiro atoms. The predicted molar refractivity (Wildman–Crippen MR) is 54.2 cm³/mol. The molecule has 1 rings (SSSR count). The summed E-state index contributed by atoms with van der Waals surface area (Å²) < 4.78 is 10.5. The van der Waals surface area contributed by atoms with E-state index in [0.29, 0.717) is 24.6 Å². The van der Waals surface area contributed by atoms with Crippen molar-refractivity contribution in [3.63, 3.8) is 0 Å². The Labute approximate surface area is 87.5 Å². The summed E-state index contributed by atoms with van der Waals surface area (Å²) in [7, 11) is 0. The minimum absolute atomic E-state index is 0.288. The van der Waals surface area contributed by atoms with Gasteiger partial charge in [-0.15, -0.1) is 0 Å². The lowest BCUT2D eigenvalue weighted by molar-refractivity contribution is -0.0602. The van der Waals surface area contributed by atoms with Crippen molar-refractivity contribution in [2.24, 2.45) is 0 Å². The third kappa shape index (κ3) is 3.94. The molecule has 0 aliphatic heterocycles. The lowest BCUT2D eigenvalue weighted by Gasteiger charge is -2.32. The smallest absolute Gasteiger partial charge is 0.101 e. The Morgan fingerprint density at radius 2 is 2.23 bits per heavy atom. The first-order valence-electron chi connectivity index (χ1n) is 4.75. The lowest BCUT2D eigenvalue weighted by Crippen LogP contribution is -2.37. The number of aliphatic hydroxyl groups is 1. The van der Waals surface area contributed by atoms with E-state index in [9.17, 15) is 5.11 Å². The first-order chi connectivity index (χ1) is 6.24. The molecule has 0 heterocycles. The van der Waals surface area contributed by atoms with Gasteiger partial charge in [-0.3, -0.25) is 0 Å². The van der Waals surface area contributed by atoms with Gasteiger partial charge in [0.1, 0.15) is 6.10 Å². The lowest BCUT2D eigenvalue weighted by atomic mass is 9.96. The van der Waals surface area contributed by atoms with Crippen molar-refractivity contribution in [1.82, 2.24) is 0 Å². The van der Waals surface area contributed by atoms with Crippen LogP contribution in [0.15, 0.2) is 0 Å². The van der Waals surface area contributed by atoms with Crippen molar-refractivity contribution in [1.29, 1.82) is 0 Å². The van der Waals surface area contributed by atoms with Gasteiger partial charge >= 0.3 is 0 Å². The number of hydrogen-bond acceptors (Lipinski definition) is 3. The van der Waals surface area contributed by atoms with Crippen molar-refractivity contribution in [3.05, 3.63) is 0 Å². The summed E-state index contributed by atoms with van der Waals surface area (Å²) in [4.78, 5) is 0.479. The Bertz CT molecular complexity index is 143. The van der Waals surface area contributed by atoms with Crippen LogP contribution in [0.5, 0.6) is 0 Å². The van der Waals surface area contributed by atoms with Crippen LogP contribution in [0, 0.1) is 0 Å². The van der Waals surface area contributed by atoms with Crippen molar-refractivity contribution < 1.29 is 14.6 Å². The first-order valence-corrected chi connectivity index (χ1v) is 5.67. The molecule has 1 fully saturated rings. The molecule has 0 radical (unpaired) electrons. The van der Waals surface area contributed by atoms with Gasteiger partial charge in [0.25, 0.3) is 0 Å². The zero-order valence-electron chi connectivity index (χ0n) is 7.91. The van der Waals surface area contributed by atoms with E-state index in [2.05, 4.69) is 15.9 Å². The molecule has 0 aromatic carbocycles. The maximum absolute atomic E-state index is 9.37. The van der Waals surface area contributed by atoms with Crippen LogP contribution in [0.25, 0.3) is 0 Å². The maximum atomic E-state index is 9.37. The number of rotatable bonds is 6. The van der Waals surface area contributed by atoms with Crippen molar-refractivity contribution in [2.75, 3.05) is 19.8 Å². The summed E-state index contributed by atoms with van der Waals surface area (Å²) in [5.41, 5.74) is 0. The SMILES string of the molecule is CCOCC(O)CO[C@H]1CCC1Br. The number of alkyl halides is 1. The summed E-state index contributed by atoms with van der Waals surface area (Å²) in [5, 5.41) is 9.37. The Hall–Kier alpha value is 0.360. The van der Waals surface area contributed by atoms with Gasteiger partial charge in [-0.25, -0.2) is 0 Å². The second kappa shape index (κ2) is 5.96. The molecule has 0 aromatic rings. The van der Waals surface area contributed by atoms with E-state index in [1.165, 1.54) is 6.42 Å². The molecule has 3 nitrogen and oxygen atoms in total. The fourth-order valence-corrected chi connectivity index (χ4v) is 1.83. The van der Waals surface area contributed by atoms with E-state index in [4.69, 9.17) is 9.47 Å². The largest absolute Gasteiger partial charge is 0.388 e. The molecule has 3 atom stereocenters. The normalized spacial score (nSPS) is 29.8. The van der Waals surface area contributed by atoms with Gasteiger partial charge in [0, 0.05) is 11.4 Å². The maximum Gasteiger partial charge on any atom is 0.101 e.